The zero-order valence-corrected chi connectivity index (χ0v) is 29.7. The van der Waals surface area contributed by atoms with Crippen LogP contribution in [-0.4, -0.2) is 90.2 Å². The van der Waals surface area contributed by atoms with Crippen molar-refractivity contribution >= 4 is 67.4 Å². The van der Waals surface area contributed by atoms with Gasteiger partial charge in [0.1, 0.15) is 29.5 Å². The lowest BCUT2D eigenvalue weighted by atomic mass is 9.85. The molecule has 3 aliphatic rings. The van der Waals surface area contributed by atoms with Crippen molar-refractivity contribution in [3.05, 3.63) is 29.4 Å². The Labute approximate surface area is 293 Å². The molecule has 0 radical (unpaired) electrons. The first-order valence-corrected chi connectivity index (χ1v) is 18.0. The topological polar surface area (TPSA) is 182 Å². The molecule has 1 saturated heterocycles. The Morgan fingerprint density at radius 1 is 1.22 bits per heavy atom. The number of nitrogens with one attached hydrogen (secondary N) is 3. The predicted octanol–water partition coefficient (Wildman–Crippen LogP) is 2.63. The van der Waals surface area contributed by atoms with Crippen LogP contribution in [0.25, 0.3) is 10.8 Å². The third-order valence-corrected chi connectivity index (χ3v) is 11.2. The molecule has 1 unspecified atom stereocenters. The third kappa shape index (κ3) is 7.93. The summed E-state index contributed by atoms with van der Waals surface area (Å²) in [6, 6.07) is 2.79. The summed E-state index contributed by atoms with van der Waals surface area (Å²) in [7, 11) is -2.56. The number of sulfonamides is 1. The summed E-state index contributed by atoms with van der Waals surface area (Å²) in [5.74, 6) is -2.89. The minimum Gasteiger partial charge on any atom is -0.494 e. The molecule has 2 saturated carbocycles. The number of nitrogens with zero attached hydrogens (tertiary/aromatic N) is 2. The molecule has 49 heavy (non-hydrogen) atoms. The van der Waals surface area contributed by atoms with Crippen molar-refractivity contribution in [2.24, 2.45) is 17.1 Å². The first-order chi connectivity index (χ1) is 22.9. The van der Waals surface area contributed by atoms with Crippen LogP contribution in [0.5, 0.6) is 11.6 Å². The second kappa shape index (κ2) is 13.6. The molecule has 0 spiro atoms. The number of methoxy groups -OCH3 is 1. The number of alkyl halides is 2. The van der Waals surface area contributed by atoms with Gasteiger partial charge < -0.3 is 30.7 Å². The number of pyridine rings is 1. The number of nitrogens with two attached hydrogens (primary N) is 1. The predicted molar refractivity (Wildman–Crippen MR) is 181 cm³/mol. The molecule has 2 aliphatic carbocycles. The number of fused-ring (bicyclic) bond motifs is 1. The fourth-order valence-corrected chi connectivity index (χ4v) is 7.87. The van der Waals surface area contributed by atoms with Crippen molar-refractivity contribution < 1.29 is 41.1 Å². The summed E-state index contributed by atoms with van der Waals surface area (Å²) in [6.07, 6.45) is -2.46. The highest BCUT2D eigenvalue weighted by atomic mass is 35.5. The van der Waals surface area contributed by atoms with Gasteiger partial charge in [0.05, 0.1) is 25.1 Å². The molecular weight excluding hydrogens is 706 g/mol. The van der Waals surface area contributed by atoms with Gasteiger partial charge in [0.2, 0.25) is 34.1 Å². The summed E-state index contributed by atoms with van der Waals surface area (Å²) >= 11 is 11.3. The van der Waals surface area contributed by atoms with E-state index in [1.165, 1.54) is 18.2 Å². The number of aromatic nitrogens is 1. The Morgan fingerprint density at radius 2 is 1.92 bits per heavy atom. The number of rotatable bonds is 12. The van der Waals surface area contributed by atoms with Crippen molar-refractivity contribution in [3.8, 4) is 11.6 Å². The highest BCUT2D eigenvalue weighted by molar-refractivity contribution is 7.91. The van der Waals surface area contributed by atoms with E-state index in [2.05, 4.69) is 15.6 Å². The van der Waals surface area contributed by atoms with Crippen molar-refractivity contribution in [2.45, 2.75) is 88.3 Å². The summed E-state index contributed by atoms with van der Waals surface area (Å²) in [4.78, 5) is 47.3. The Balaban J connectivity index is 1.46. The van der Waals surface area contributed by atoms with Crippen molar-refractivity contribution in [2.75, 3.05) is 13.7 Å². The normalized spacial score (nSPS) is 24.3. The highest BCUT2D eigenvalue weighted by Gasteiger charge is 2.63. The maximum atomic E-state index is 14.2. The van der Waals surface area contributed by atoms with Crippen molar-refractivity contribution in [3.63, 3.8) is 0 Å². The molecule has 5 atom stereocenters. The van der Waals surface area contributed by atoms with Crippen LogP contribution < -0.4 is 30.6 Å². The second-order valence-electron chi connectivity index (χ2n) is 13.8. The van der Waals surface area contributed by atoms with E-state index in [0.717, 1.165) is 0 Å². The standard InChI is InChI=1S/C31H39ClF2N6O7S2/c1-30(2,3)24(37-29(35)48)27(42)40-14-17(47-26-20-10-16(32)5-8-19(20)22(46-4)13-36-26)11-21(40)25(41)38-31(12-15(31)9-23(33)34)28(43)39-49(44,45)18-6-7-18/h5,8,10,13,15,17-18,21,23-24H,6-7,9,11-12,14H2,1-4H3,(H,38,41)(H,39,43)(H3,35,37,48)/t15-,17-,21+,24?,31-/m1/s1. The van der Waals surface area contributed by atoms with Crippen LogP contribution in [0, 0.1) is 11.3 Å². The number of ether oxygens (including phenoxy) is 2. The fraction of sp³-hybridized carbons (Fsp3) is 0.581. The lowest BCUT2D eigenvalue weighted by molar-refractivity contribution is -0.142. The number of carbonyl (C=O) groups excluding carboxylic acids is 3. The van der Waals surface area contributed by atoms with Gasteiger partial charge >= 0.3 is 0 Å². The SMILES string of the molecule is COc1cnc(O[C@@H]2C[C@@H](C(=O)N[C@]3(C(=O)NS(=O)(=O)C4CC4)C[C@H]3CC(F)F)N(C(=O)C(NC(N)=S)C(C)(C)C)C2)c2cc(Cl)ccc12. The first-order valence-electron chi connectivity index (χ1n) is 15.7. The Morgan fingerprint density at radius 3 is 2.51 bits per heavy atom. The Bertz CT molecular complexity index is 1770. The van der Waals surface area contributed by atoms with Gasteiger partial charge in [-0.3, -0.25) is 19.1 Å². The minimum absolute atomic E-state index is 0.0884. The molecule has 1 aromatic heterocycles. The number of benzene rings is 1. The number of likely N-dealkylation sites (tertiary alicyclic amines) is 1. The smallest absolute Gasteiger partial charge is 0.259 e. The van der Waals surface area contributed by atoms with E-state index in [0.29, 0.717) is 34.4 Å². The summed E-state index contributed by atoms with van der Waals surface area (Å²) in [6.45, 7) is 5.20. The molecule has 2 heterocycles. The van der Waals surface area contributed by atoms with Crippen LogP contribution in [0.3, 0.4) is 0 Å². The van der Waals surface area contributed by atoms with Gasteiger partial charge in [-0.1, -0.05) is 32.4 Å². The van der Waals surface area contributed by atoms with Crippen LogP contribution in [0.15, 0.2) is 24.4 Å². The molecule has 3 amide bonds. The molecule has 18 heteroatoms. The Kier molecular flexibility index (Phi) is 10.2. The van der Waals surface area contributed by atoms with E-state index in [1.54, 1.807) is 39.0 Å². The molecule has 5 N–H and O–H groups in total. The highest BCUT2D eigenvalue weighted by Crippen LogP contribution is 2.48. The quantitative estimate of drug-likeness (QED) is 0.235. The minimum atomic E-state index is -4.05. The van der Waals surface area contributed by atoms with Gasteiger partial charge in [0.25, 0.3) is 5.91 Å². The van der Waals surface area contributed by atoms with Crippen LogP contribution in [0.1, 0.15) is 52.9 Å². The van der Waals surface area contributed by atoms with Gasteiger partial charge in [0, 0.05) is 28.6 Å². The lowest BCUT2D eigenvalue weighted by Crippen LogP contribution is -2.60. The molecule has 5 rings (SSSR count). The van der Waals surface area contributed by atoms with E-state index in [-0.39, 0.29) is 30.4 Å². The van der Waals surface area contributed by atoms with E-state index in [9.17, 15) is 31.6 Å². The number of halogens is 3. The number of hydrogen-bond donors (Lipinski definition) is 4. The van der Waals surface area contributed by atoms with E-state index >= 15 is 0 Å². The molecule has 268 valence electrons. The average molecular weight is 745 g/mol. The second-order valence-corrected chi connectivity index (χ2v) is 16.6. The zero-order chi connectivity index (χ0) is 36.1. The molecule has 0 bridgehead atoms. The van der Waals surface area contributed by atoms with Gasteiger partial charge in [-0.15, -0.1) is 0 Å². The fourth-order valence-electron chi connectivity index (χ4n) is 6.21. The molecular formula is C31H39ClF2N6O7S2. The number of amides is 3. The van der Waals surface area contributed by atoms with Crippen LogP contribution >= 0.6 is 23.8 Å². The number of carbonyl (C=O) groups is 3. The van der Waals surface area contributed by atoms with Gasteiger partial charge in [-0.25, -0.2) is 22.2 Å². The summed E-state index contributed by atoms with van der Waals surface area (Å²) in [5.41, 5.74) is 3.10. The van der Waals surface area contributed by atoms with Gasteiger partial charge in [-0.2, -0.15) is 0 Å². The van der Waals surface area contributed by atoms with Crippen LogP contribution in [0.4, 0.5) is 8.78 Å². The van der Waals surface area contributed by atoms with E-state index in [4.69, 9.17) is 39.0 Å². The molecule has 1 aliphatic heterocycles. The number of hydrogen-bond acceptors (Lipinski definition) is 9. The third-order valence-electron chi connectivity index (χ3n) is 9.04. The Hall–Kier alpha value is -3.57. The van der Waals surface area contributed by atoms with Gasteiger partial charge in [-0.05, 0) is 61.0 Å². The lowest BCUT2D eigenvalue weighted by Gasteiger charge is -2.35. The zero-order valence-electron chi connectivity index (χ0n) is 27.3. The summed E-state index contributed by atoms with van der Waals surface area (Å²) < 4.78 is 65.9. The molecule has 3 fully saturated rings. The average Bonchev–Trinajstić information content (AvgIpc) is 3.92. The molecule has 2 aromatic rings. The largest absolute Gasteiger partial charge is 0.494 e. The molecule has 1 aromatic carbocycles. The van der Waals surface area contributed by atoms with E-state index in [1.807, 2.05) is 4.72 Å². The maximum absolute atomic E-state index is 14.2. The maximum Gasteiger partial charge on any atom is 0.259 e. The van der Waals surface area contributed by atoms with E-state index < -0.39 is 80.9 Å². The first kappa shape index (κ1) is 36.7. The number of thiocarbonyl (C=S) groups is 1. The summed E-state index contributed by atoms with van der Waals surface area (Å²) in [5, 5.41) is 6.03. The van der Waals surface area contributed by atoms with Crippen LogP contribution in [0.2, 0.25) is 5.02 Å². The van der Waals surface area contributed by atoms with Crippen molar-refractivity contribution in [1.82, 2.24) is 25.2 Å². The monoisotopic (exact) mass is 744 g/mol. The van der Waals surface area contributed by atoms with Crippen molar-refractivity contribution in [1.29, 1.82) is 0 Å². The molecule has 13 nitrogen and oxygen atoms in total. The van der Waals surface area contributed by atoms with Crippen LogP contribution in [-0.2, 0) is 24.4 Å². The van der Waals surface area contributed by atoms with Gasteiger partial charge in [0.15, 0.2) is 5.11 Å².